The zero-order valence-electron chi connectivity index (χ0n) is 38.2. The molecule has 2 unspecified atom stereocenters. The fourth-order valence-corrected chi connectivity index (χ4v) is 6.22. The second kappa shape index (κ2) is 42.5. The van der Waals surface area contributed by atoms with E-state index in [4.69, 9.17) is 29.2 Å². The summed E-state index contributed by atoms with van der Waals surface area (Å²) in [5.41, 5.74) is 0. The average Bonchev–Trinajstić information content (AvgIpc) is 3.24. The highest BCUT2D eigenvalue weighted by Crippen LogP contribution is 2.14. The Morgan fingerprint density at radius 2 is 0.797 bits per heavy atom. The Bertz CT molecular complexity index is 1310. The Kier molecular flexibility index (Phi) is 39.6. The molecule has 0 saturated heterocycles. The minimum atomic E-state index is -1.41. The zero-order chi connectivity index (χ0) is 47.5. The van der Waals surface area contributed by atoms with Crippen LogP contribution in [0.4, 0.5) is 0 Å². The van der Waals surface area contributed by atoms with Crippen molar-refractivity contribution in [2.24, 2.45) is 0 Å². The van der Waals surface area contributed by atoms with Gasteiger partial charge < -0.3 is 60.9 Å². The van der Waals surface area contributed by atoms with Crippen molar-refractivity contribution < 1.29 is 72.6 Å². The van der Waals surface area contributed by atoms with E-state index in [0.717, 1.165) is 96.3 Å². The summed E-state index contributed by atoms with van der Waals surface area (Å²) in [6, 6.07) is -2.57. The second-order valence-electron chi connectivity index (χ2n) is 15.6. The van der Waals surface area contributed by atoms with Gasteiger partial charge in [0.1, 0.15) is 25.3 Å². The minimum absolute atomic E-state index is 0.0153. The first-order valence-corrected chi connectivity index (χ1v) is 23.2. The summed E-state index contributed by atoms with van der Waals surface area (Å²) in [5, 5.41) is 40.2. The highest BCUT2D eigenvalue weighted by atomic mass is 16.5. The van der Waals surface area contributed by atoms with E-state index in [-0.39, 0.29) is 102 Å². The van der Waals surface area contributed by atoms with Gasteiger partial charge in [-0.15, -0.1) is 0 Å². The first-order chi connectivity index (χ1) is 30.8. The Labute approximate surface area is 378 Å². The number of hydrogen-bond acceptors (Lipinski definition) is 12. The molecule has 0 aromatic carbocycles. The van der Waals surface area contributed by atoms with Crippen molar-refractivity contribution in [2.75, 3.05) is 72.5 Å². The molecule has 0 saturated carbocycles. The summed E-state index contributed by atoms with van der Waals surface area (Å²) in [6.45, 7) is 4.50. The molecule has 20 heteroatoms. The number of aliphatic carboxylic acids is 3. The van der Waals surface area contributed by atoms with Gasteiger partial charge in [0.2, 0.25) is 29.5 Å². The Morgan fingerprint density at radius 1 is 0.406 bits per heavy atom. The van der Waals surface area contributed by atoms with Crippen LogP contribution in [0, 0.1) is 0 Å². The minimum Gasteiger partial charge on any atom is -0.481 e. The molecular weight excluding hydrogens is 839 g/mol. The van der Waals surface area contributed by atoms with Crippen molar-refractivity contribution in [1.29, 1.82) is 0 Å². The maximum atomic E-state index is 12.4. The number of carboxylic acid groups (broad SMARTS) is 3. The molecular formula is C44H79N5O15. The lowest BCUT2D eigenvalue weighted by Gasteiger charge is -2.14. The molecule has 0 heterocycles. The molecule has 2 atom stereocenters. The van der Waals surface area contributed by atoms with Crippen molar-refractivity contribution in [1.82, 2.24) is 26.6 Å². The molecule has 20 nitrogen and oxygen atoms in total. The SMILES string of the molecule is CCCCCNC(=O)COCCOCCNC(=O)COCCOCCNC(=O)CCC(NC(=O)CCCCCCCCCCCCCCCCC(=O)NC(CC(=O)O)C(=O)O)C(=O)O. The van der Waals surface area contributed by atoms with Crippen molar-refractivity contribution in [3.8, 4) is 0 Å². The van der Waals surface area contributed by atoms with E-state index in [2.05, 4.69) is 33.5 Å². The number of ether oxygens (including phenoxy) is 4. The number of carboxylic acids is 3. The van der Waals surface area contributed by atoms with E-state index < -0.39 is 42.3 Å². The molecule has 0 spiro atoms. The normalized spacial score (nSPS) is 11.9. The third-order valence-corrected chi connectivity index (χ3v) is 9.81. The highest BCUT2D eigenvalue weighted by molar-refractivity contribution is 5.87. The summed E-state index contributed by atoms with van der Waals surface area (Å²) < 4.78 is 21.3. The topological polar surface area (TPSA) is 294 Å². The molecule has 0 bridgehead atoms. The van der Waals surface area contributed by atoms with Crippen molar-refractivity contribution in [3.05, 3.63) is 0 Å². The summed E-state index contributed by atoms with van der Waals surface area (Å²) in [6.07, 6.45) is 16.7. The van der Waals surface area contributed by atoms with Crippen LogP contribution in [0.2, 0.25) is 0 Å². The van der Waals surface area contributed by atoms with Gasteiger partial charge in [-0.25, -0.2) is 9.59 Å². The molecule has 0 aliphatic heterocycles. The molecule has 0 rings (SSSR count). The number of nitrogens with one attached hydrogen (secondary N) is 5. The van der Waals surface area contributed by atoms with Gasteiger partial charge >= 0.3 is 17.9 Å². The van der Waals surface area contributed by atoms with Gasteiger partial charge in [0, 0.05) is 38.9 Å². The molecule has 0 aliphatic rings. The fourth-order valence-electron chi connectivity index (χ4n) is 6.22. The standard InChI is InChI=1S/C44H79N5O15/c1-2-3-18-23-45-40(53)33-63-30-29-62-27-25-47-41(54)34-64-31-28-61-26-24-46-37(50)22-21-35(43(57)58)48-38(51)19-16-14-12-10-8-6-4-5-7-9-11-13-15-17-20-39(52)49-36(44(59)60)32-42(55)56/h35-36H,2-34H2,1H3,(H,45,53)(H,46,50)(H,47,54)(H,48,51)(H,49,52)(H,55,56)(H,57,58)(H,59,60). The van der Waals surface area contributed by atoms with Crippen LogP contribution in [0.3, 0.4) is 0 Å². The van der Waals surface area contributed by atoms with Crippen LogP contribution in [-0.4, -0.2) is 147 Å². The first-order valence-electron chi connectivity index (χ1n) is 23.2. The molecule has 0 radical (unpaired) electrons. The van der Waals surface area contributed by atoms with E-state index in [0.29, 0.717) is 32.5 Å². The van der Waals surface area contributed by atoms with Gasteiger partial charge in [0.05, 0.1) is 46.1 Å². The zero-order valence-corrected chi connectivity index (χ0v) is 38.2. The van der Waals surface area contributed by atoms with Gasteiger partial charge in [-0.1, -0.05) is 96.8 Å². The lowest BCUT2D eigenvalue weighted by atomic mass is 10.0. The third-order valence-electron chi connectivity index (χ3n) is 9.81. The maximum Gasteiger partial charge on any atom is 0.326 e. The number of carbonyl (C=O) groups is 8. The van der Waals surface area contributed by atoms with Crippen molar-refractivity contribution in [3.63, 3.8) is 0 Å². The molecule has 8 N–H and O–H groups in total. The van der Waals surface area contributed by atoms with Crippen LogP contribution in [0.5, 0.6) is 0 Å². The quantitative estimate of drug-likeness (QED) is 0.0407. The first kappa shape index (κ1) is 59.6. The van der Waals surface area contributed by atoms with Gasteiger partial charge in [0.15, 0.2) is 0 Å². The molecule has 64 heavy (non-hydrogen) atoms. The van der Waals surface area contributed by atoms with Crippen LogP contribution in [0.15, 0.2) is 0 Å². The van der Waals surface area contributed by atoms with Crippen molar-refractivity contribution >= 4 is 47.4 Å². The van der Waals surface area contributed by atoms with Gasteiger partial charge in [-0.2, -0.15) is 0 Å². The summed E-state index contributed by atoms with van der Waals surface area (Å²) >= 11 is 0. The lowest BCUT2D eigenvalue weighted by Crippen LogP contribution is -2.42. The monoisotopic (exact) mass is 918 g/mol. The van der Waals surface area contributed by atoms with Gasteiger partial charge in [-0.3, -0.25) is 28.8 Å². The van der Waals surface area contributed by atoms with Crippen LogP contribution in [-0.2, 0) is 57.3 Å². The number of hydrogen-bond donors (Lipinski definition) is 8. The maximum absolute atomic E-state index is 12.4. The number of amides is 5. The van der Waals surface area contributed by atoms with E-state index >= 15 is 0 Å². The Morgan fingerprint density at radius 3 is 1.22 bits per heavy atom. The number of rotatable bonds is 46. The Hall–Kier alpha value is -4.40. The van der Waals surface area contributed by atoms with Crippen LogP contribution < -0.4 is 26.6 Å². The largest absolute Gasteiger partial charge is 0.481 e. The van der Waals surface area contributed by atoms with Crippen LogP contribution in [0.25, 0.3) is 0 Å². The third kappa shape index (κ3) is 40.4. The molecule has 0 aromatic rings. The van der Waals surface area contributed by atoms with E-state index in [1.54, 1.807) is 0 Å². The van der Waals surface area contributed by atoms with Crippen molar-refractivity contribution in [2.45, 2.75) is 160 Å². The van der Waals surface area contributed by atoms with Crippen LogP contribution in [0.1, 0.15) is 148 Å². The predicted octanol–water partition coefficient (Wildman–Crippen LogP) is 3.23. The second-order valence-corrected chi connectivity index (χ2v) is 15.6. The van der Waals surface area contributed by atoms with Gasteiger partial charge in [0.25, 0.3) is 0 Å². The van der Waals surface area contributed by atoms with Crippen LogP contribution >= 0.6 is 0 Å². The number of unbranched alkanes of at least 4 members (excludes halogenated alkanes) is 15. The molecule has 370 valence electrons. The molecule has 0 aliphatic carbocycles. The fraction of sp³-hybridized carbons (Fsp3) is 0.818. The number of carbonyl (C=O) groups excluding carboxylic acids is 5. The average molecular weight is 918 g/mol. The smallest absolute Gasteiger partial charge is 0.326 e. The summed E-state index contributed by atoms with van der Waals surface area (Å²) in [7, 11) is 0. The Balaban J connectivity index is 3.69. The molecule has 5 amide bonds. The van der Waals surface area contributed by atoms with Gasteiger partial charge in [-0.05, 0) is 25.7 Å². The van der Waals surface area contributed by atoms with E-state index in [1.165, 1.54) is 0 Å². The van der Waals surface area contributed by atoms with E-state index in [9.17, 15) is 43.5 Å². The van der Waals surface area contributed by atoms with E-state index in [1.807, 2.05) is 0 Å². The lowest BCUT2D eigenvalue weighted by molar-refractivity contribution is -0.147. The predicted molar refractivity (Wildman–Crippen MR) is 236 cm³/mol. The highest BCUT2D eigenvalue weighted by Gasteiger charge is 2.23. The molecule has 0 aromatic heterocycles. The summed E-state index contributed by atoms with van der Waals surface area (Å²) in [4.78, 5) is 93.4. The molecule has 0 fully saturated rings. The summed E-state index contributed by atoms with van der Waals surface area (Å²) in [5.74, 6) is -5.46.